The Kier molecular flexibility index (Phi) is 3.52. The summed E-state index contributed by atoms with van der Waals surface area (Å²) >= 11 is 5.66. The minimum atomic E-state index is -1.90. The molecule has 0 heterocycles. The van der Waals surface area contributed by atoms with Gasteiger partial charge in [0.25, 0.3) is 0 Å². The summed E-state index contributed by atoms with van der Waals surface area (Å²) < 4.78 is 0. The van der Waals surface area contributed by atoms with E-state index in [1.807, 2.05) is 0 Å². The van der Waals surface area contributed by atoms with Crippen LogP contribution >= 0.6 is 11.6 Å². The van der Waals surface area contributed by atoms with E-state index in [2.05, 4.69) is 0 Å². The van der Waals surface area contributed by atoms with Crippen molar-refractivity contribution in [1.29, 1.82) is 0 Å². The van der Waals surface area contributed by atoms with E-state index < -0.39 is 18.2 Å². The lowest BCUT2D eigenvalue weighted by atomic mass is 10.0. The first-order valence-electron chi connectivity index (χ1n) is 4.06. The summed E-state index contributed by atoms with van der Waals surface area (Å²) in [6, 6.07) is 4.14. The average Bonchev–Trinajstić information content (AvgIpc) is 2.13. The fourth-order valence-electron chi connectivity index (χ4n) is 1.12. The summed E-state index contributed by atoms with van der Waals surface area (Å²) in [6.07, 6.45) is -3.45. The van der Waals surface area contributed by atoms with Gasteiger partial charge in [-0.3, -0.25) is 0 Å². The SMILES string of the molecule is Nc1cc(Cl)cc(C(O)C(O)C(=O)O)c1. The Balaban J connectivity index is 3.00. The van der Waals surface area contributed by atoms with E-state index in [-0.39, 0.29) is 16.3 Å². The number of hydrogen-bond acceptors (Lipinski definition) is 4. The first-order valence-corrected chi connectivity index (χ1v) is 4.44. The zero-order chi connectivity index (χ0) is 11.6. The summed E-state index contributed by atoms with van der Waals surface area (Å²) in [5.74, 6) is -1.51. The molecular formula is C9H10ClNO4. The van der Waals surface area contributed by atoms with Crippen molar-refractivity contribution in [2.45, 2.75) is 12.2 Å². The molecule has 0 aliphatic carbocycles. The van der Waals surface area contributed by atoms with Crippen molar-refractivity contribution in [3.8, 4) is 0 Å². The number of anilines is 1. The summed E-state index contributed by atoms with van der Waals surface area (Å²) in [5, 5.41) is 27.3. The van der Waals surface area contributed by atoms with Crippen LogP contribution in [-0.4, -0.2) is 27.4 Å². The standard InChI is InChI=1S/C9H10ClNO4/c10-5-1-4(2-6(11)3-5)7(12)8(13)9(14)15/h1-3,7-8,12-13H,11H2,(H,14,15). The number of benzene rings is 1. The van der Waals surface area contributed by atoms with E-state index in [1.165, 1.54) is 18.2 Å². The summed E-state index contributed by atoms with van der Waals surface area (Å²) in [4.78, 5) is 10.4. The molecule has 1 aromatic carbocycles. The number of halogens is 1. The quantitative estimate of drug-likeness (QED) is 0.564. The molecule has 15 heavy (non-hydrogen) atoms. The van der Waals surface area contributed by atoms with E-state index in [1.54, 1.807) is 0 Å². The molecule has 5 nitrogen and oxygen atoms in total. The second kappa shape index (κ2) is 4.48. The molecule has 0 bridgehead atoms. The lowest BCUT2D eigenvalue weighted by Crippen LogP contribution is -2.27. The number of hydrogen-bond donors (Lipinski definition) is 4. The number of aliphatic carboxylic acids is 1. The maximum absolute atomic E-state index is 10.4. The Morgan fingerprint density at radius 3 is 2.40 bits per heavy atom. The van der Waals surface area contributed by atoms with Crippen LogP contribution in [-0.2, 0) is 4.79 Å². The molecular weight excluding hydrogens is 222 g/mol. The van der Waals surface area contributed by atoms with Gasteiger partial charge in [-0.1, -0.05) is 11.6 Å². The highest BCUT2D eigenvalue weighted by atomic mass is 35.5. The highest BCUT2D eigenvalue weighted by molar-refractivity contribution is 6.30. The molecule has 0 aliphatic rings. The van der Waals surface area contributed by atoms with E-state index in [4.69, 9.17) is 27.5 Å². The minimum absolute atomic E-state index is 0.162. The van der Waals surface area contributed by atoms with Crippen LogP contribution in [0.3, 0.4) is 0 Å². The summed E-state index contributed by atoms with van der Waals surface area (Å²) in [5.41, 5.74) is 5.90. The van der Waals surface area contributed by atoms with Crippen molar-refractivity contribution in [2.24, 2.45) is 0 Å². The number of carboxylic acids is 1. The average molecular weight is 232 g/mol. The van der Waals surface area contributed by atoms with Crippen LogP contribution in [0.2, 0.25) is 5.02 Å². The molecule has 0 saturated heterocycles. The molecule has 0 radical (unpaired) electrons. The van der Waals surface area contributed by atoms with E-state index in [9.17, 15) is 9.90 Å². The Labute approximate surface area is 90.7 Å². The number of aliphatic hydroxyl groups excluding tert-OH is 2. The minimum Gasteiger partial charge on any atom is -0.479 e. The molecule has 82 valence electrons. The third-order valence-corrected chi connectivity index (χ3v) is 2.05. The van der Waals surface area contributed by atoms with Crippen LogP contribution in [0.4, 0.5) is 5.69 Å². The molecule has 1 rings (SSSR count). The zero-order valence-electron chi connectivity index (χ0n) is 7.59. The fourth-order valence-corrected chi connectivity index (χ4v) is 1.38. The maximum Gasteiger partial charge on any atom is 0.335 e. The monoisotopic (exact) mass is 231 g/mol. The Morgan fingerprint density at radius 1 is 1.33 bits per heavy atom. The van der Waals surface area contributed by atoms with Crippen molar-refractivity contribution in [2.75, 3.05) is 5.73 Å². The van der Waals surface area contributed by atoms with Gasteiger partial charge >= 0.3 is 5.97 Å². The molecule has 1 aromatic rings. The van der Waals surface area contributed by atoms with E-state index in [0.717, 1.165) is 0 Å². The van der Waals surface area contributed by atoms with Gasteiger partial charge in [0.15, 0.2) is 6.10 Å². The molecule has 2 atom stereocenters. The Bertz CT molecular complexity index is 362. The third-order valence-electron chi connectivity index (χ3n) is 1.84. The summed E-state index contributed by atoms with van der Waals surface area (Å²) in [6.45, 7) is 0. The van der Waals surface area contributed by atoms with Gasteiger partial charge in [0, 0.05) is 10.7 Å². The molecule has 0 amide bonds. The van der Waals surface area contributed by atoms with Gasteiger partial charge in [-0.05, 0) is 23.8 Å². The molecule has 2 unspecified atom stereocenters. The molecule has 0 saturated carbocycles. The Hall–Kier alpha value is -1.30. The number of rotatable bonds is 3. The normalized spacial score (nSPS) is 14.6. The lowest BCUT2D eigenvalue weighted by molar-refractivity contribution is -0.153. The van der Waals surface area contributed by atoms with Crippen LogP contribution in [0, 0.1) is 0 Å². The fraction of sp³-hybridized carbons (Fsp3) is 0.222. The second-order valence-electron chi connectivity index (χ2n) is 3.05. The number of aliphatic hydroxyl groups is 2. The zero-order valence-corrected chi connectivity index (χ0v) is 8.35. The van der Waals surface area contributed by atoms with Crippen molar-refractivity contribution in [3.63, 3.8) is 0 Å². The van der Waals surface area contributed by atoms with Gasteiger partial charge in [-0.2, -0.15) is 0 Å². The second-order valence-corrected chi connectivity index (χ2v) is 3.48. The molecule has 5 N–H and O–H groups in total. The van der Waals surface area contributed by atoms with Gasteiger partial charge in [-0.25, -0.2) is 4.79 Å². The molecule has 0 fully saturated rings. The van der Waals surface area contributed by atoms with Gasteiger partial charge < -0.3 is 21.1 Å². The topological polar surface area (TPSA) is 104 Å². The summed E-state index contributed by atoms with van der Waals surface area (Å²) in [7, 11) is 0. The maximum atomic E-state index is 10.4. The predicted molar refractivity (Wildman–Crippen MR) is 54.5 cm³/mol. The van der Waals surface area contributed by atoms with Crippen LogP contribution < -0.4 is 5.73 Å². The smallest absolute Gasteiger partial charge is 0.335 e. The van der Waals surface area contributed by atoms with Crippen LogP contribution in [0.1, 0.15) is 11.7 Å². The molecule has 6 heteroatoms. The highest BCUT2D eigenvalue weighted by Crippen LogP contribution is 2.24. The van der Waals surface area contributed by atoms with Gasteiger partial charge in [0.2, 0.25) is 0 Å². The van der Waals surface area contributed by atoms with Gasteiger partial charge in [0.05, 0.1) is 0 Å². The van der Waals surface area contributed by atoms with Crippen LogP contribution in [0.15, 0.2) is 18.2 Å². The predicted octanol–water partition coefficient (Wildman–Crippen LogP) is 0.401. The number of nitrogens with two attached hydrogens (primary N) is 1. The molecule has 0 aromatic heterocycles. The largest absolute Gasteiger partial charge is 0.479 e. The third kappa shape index (κ3) is 2.82. The van der Waals surface area contributed by atoms with Gasteiger partial charge in [-0.15, -0.1) is 0 Å². The van der Waals surface area contributed by atoms with Crippen LogP contribution in [0.25, 0.3) is 0 Å². The number of carbonyl (C=O) groups is 1. The lowest BCUT2D eigenvalue weighted by Gasteiger charge is -2.14. The molecule has 0 aliphatic heterocycles. The number of carboxylic acid groups (broad SMARTS) is 1. The van der Waals surface area contributed by atoms with Crippen molar-refractivity contribution in [3.05, 3.63) is 28.8 Å². The van der Waals surface area contributed by atoms with Crippen molar-refractivity contribution < 1.29 is 20.1 Å². The van der Waals surface area contributed by atoms with E-state index in [0.29, 0.717) is 0 Å². The Morgan fingerprint density at radius 2 is 1.93 bits per heavy atom. The molecule has 0 spiro atoms. The first kappa shape index (κ1) is 11.8. The highest BCUT2D eigenvalue weighted by Gasteiger charge is 2.25. The van der Waals surface area contributed by atoms with Gasteiger partial charge in [0.1, 0.15) is 6.10 Å². The van der Waals surface area contributed by atoms with Crippen LogP contribution in [0.5, 0.6) is 0 Å². The number of nitrogen functional groups attached to an aromatic ring is 1. The first-order chi connectivity index (χ1) is 6.91. The van der Waals surface area contributed by atoms with Crippen molar-refractivity contribution >= 4 is 23.3 Å². The van der Waals surface area contributed by atoms with Crippen molar-refractivity contribution in [1.82, 2.24) is 0 Å². The van der Waals surface area contributed by atoms with E-state index >= 15 is 0 Å².